The summed E-state index contributed by atoms with van der Waals surface area (Å²) in [4.78, 5) is 38.2. The van der Waals surface area contributed by atoms with Gasteiger partial charge >= 0.3 is 17.9 Å². The van der Waals surface area contributed by atoms with E-state index in [0.29, 0.717) is 19.3 Å². The van der Waals surface area contributed by atoms with Crippen LogP contribution in [0.2, 0.25) is 0 Å². The molecule has 0 aliphatic carbocycles. The quantitative estimate of drug-likeness (QED) is 0.0199. The summed E-state index contributed by atoms with van der Waals surface area (Å²) in [6.07, 6.45) is 78.7. The molecule has 0 aromatic rings. The van der Waals surface area contributed by atoms with Gasteiger partial charge in [-0.3, -0.25) is 14.4 Å². The largest absolute Gasteiger partial charge is 0.462 e. The Morgan fingerprint density at radius 3 is 0.944 bits per heavy atom. The van der Waals surface area contributed by atoms with Crippen LogP contribution in [0.25, 0.3) is 0 Å². The molecule has 0 rings (SSSR count). The third-order valence-corrected chi connectivity index (χ3v) is 13.1. The van der Waals surface area contributed by atoms with Crippen LogP contribution in [0, 0.1) is 0 Å². The number of allylic oxidation sites excluding steroid dienone is 14. The molecule has 0 saturated heterocycles. The minimum atomic E-state index is -0.808. The first-order valence-electron chi connectivity index (χ1n) is 30.6. The molecule has 414 valence electrons. The molecule has 1 atom stereocenters. The second-order valence-corrected chi connectivity index (χ2v) is 20.3. The average molecular weight is 1000 g/mol. The highest BCUT2D eigenvalue weighted by molar-refractivity contribution is 5.71. The highest BCUT2D eigenvalue weighted by Gasteiger charge is 2.19. The van der Waals surface area contributed by atoms with Gasteiger partial charge in [0.05, 0.1) is 0 Å². The highest BCUT2D eigenvalue weighted by Crippen LogP contribution is 2.15. The van der Waals surface area contributed by atoms with Crippen LogP contribution in [-0.2, 0) is 28.6 Å². The molecule has 0 heterocycles. The first-order chi connectivity index (χ1) is 35.5. The monoisotopic (exact) mass is 1000 g/mol. The molecule has 0 bridgehead atoms. The van der Waals surface area contributed by atoms with Crippen molar-refractivity contribution in [3.05, 3.63) is 85.1 Å². The lowest BCUT2D eigenvalue weighted by Crippen LogP contribution is -2.30. The number of esters is 3. The summed E-state index contributed by atoms with van der Waals surface area (Å²) >= 11 is 0. The first kappa shape index (κ1) is 68.6. The predicted octanol–water partition coefficient (Wildman–Crippen LogP) is 20.7. The van der Waals surface area contributed by atoms with E-state index in [1.54, 1.807) is 0 Å². The van der Waals surface area contributed by atoms with Crippen molar-refractivity contribution < 1.29 is 28.6 Å². The summed E-state index contributed by atoms with van der Waals surface area (Å²) in [6.45, 7) is 6.56. The normalized spacial score (nSPS) is 12.7. The minimum absolute atomic E-state index is 0.0999. The topological polar surface area (TPSA) is 78.9 Å². The maximum atomic E-state index is 12.9. The standard InChI is InChI=1S/C66H114O6/c1-4-7-10-13-16-19-22-25-28-31-33-36-38-41-44-47-50-53-56-59-65(68)71-62-63(61-70-64(67)58-55-52-49-46-43-40-37-34-30-27-24-21-18-15-12-9-6-3)72-66(69)60-57-54-51-48-45-42-39-35-32-29-26-23-20-17-14-11-8-5-2/h16,19,22,25,27,29-30,32,35,37,39-40,46,49,63H,4-15,17-18,20-21,23-24,26,28,31,33-34,36,38,41-45,47-48,50-62H2,1-3H3/b19-16-,25-22-,30-27-,32-29-,39-35-,40-37-,49-46-. The fraction of sp³-hybridized carbons (Fsp3) is 0.742. The lowest BCUT2D eigenvalue weighted by atomic mass is 10.1. The number of carbonyl (C=O) groups excluding carboxylic acids is 3. The van der Waals surface area contributed by atoms with E-state index in [1.807, 2.05) is 0 Å². The molecule has 0 N–H and O–H groups in total. The Morgan fingerprint density at radius 1 is 0.292 bits per heavy atom. The van der Waals surface area contributed by atoms with E-state index < -0.39 is 6.10 Å². The van der Waals surface area contributed by atoms with E-state index in [9.17, 15) is 14.4 Å². The van der Waals surface area contributed by atoms with Crippen molar-refractivity contribution in [1.29, 1.82) is 0 Å². The number of hydrogen-bond donors (Lipinski definition) is 0. The van der Waals surface area contributed by atoms with Crippen molar-refractivity contribution in [1.82, 2.24) is 0 Å². The summed E-state index contributed by atoms with van der Waals surface area (Å²) in [5.41, 5.74) is 0. The average Bonchev–Trinajstić information content (AvgIpc) is 3.38. The van der Waals surface area contributed by atoms with Crippen molar-refractivity contribution in [2.24, 2.45) is 0 Å². The van der Waals surface area contributed by atoms with E-state index in [2.05, 4.69) is 106 Å². The fourth-order valence-corrected chi connectivity index (χ4v) is 8.50. The van der Waals surface area contributed by atoms with Gasteiger partial charge in [0.2, 0.25) is 0 Å². The Balaban J connectivity index is 4.48. The smallest absolute Gasteiger partial charge is 0.306 e. The molecule has 0 aromatic carbocycles. The predicted molar refractivity (Wildman–Crippen MR) is 311 cm³/mol. The van der Waals surface area contributed by atoms with Crippen LogP contribution in [0.15, 0.2) is 85.1 Å². The van der Waals surface area contributed by atoms with E-state index in [1.165, 1.54) is 173 Å². The van der Waals surface area contributed by atoms with Crippen molar-refractivity contribution >= 4 is 17.9 Å². The molecule has 0 saturated carbocycles. The number of unbranched alkanes of at least 4 members (excludes halogenated alkanes) is 32. The summed E-state index contributed by atoms with van der Waals surface area (Å²) in [5, 5.41) is 0. The van der Waals surface area contributed by atoms with Gasteiger partial charge < -0.3 is 14.2 Å². The van der Waals surface area contributed by atoms with Crippen LogP contribution in [-0.4, -0.2) is 37.2 Å². The van der Waals surface area contributed by atoms with Crippen LogP contribution in [0.1, 0.15) is 297 Å². The Hall–Kier alpha value is -3.41. The van der Waals surface area contributed by atoms with Gasteiger partial charge in [-0.05, 0) is 103 Å². The van der Waals surface area contributed by atoms with Crippen LogP contribution in [0.4, 0.5) is 0 Å². The van der Waals surface area contributed by atoms with Crippen LogP contribution < -0.4 is 0 Å². The zero-order valence-electron chi connectivity index (χ0n) is 47.4. The molecule has 0 amide bonds. The van der Waals surface area contributed by atoms with Gasteiger partial charge in [0.25, 0.3) is 0 Å². The molecular formula is C66H114O6. The summed E-state index contributed by atoms with van der Waals surface area (Å²) in [6, 6.07) is 0. The van der Waals surface area contributed by atoms with Gasteiger partial charge in [-0.2, -0.15) is 0 Å². The Morgan fingerprint density at radius 2 is 0.556 bits per heavy atom. The molecule has 6 heteroatoms. The van der Waals surface area contributed by atoms with E-state index in [0.717, 1.165) is 77.0 Å². The lowest BCUT2D eigenvalue weighted by Gasteiger charge is -2.18. The maximum absolute atomic E-state index is 12.9. The Kier molecular flexibility index (Phi) is 57.3. The molecule has 0 fully saturated rings. The second kappa shape index (κ2) is 60.1. The van der Waals surface area contributed by atoms with E-state index >= 15 is 0 Å². The molecule has 0 spiro atoms. The van der Waals surface area contributed by atoms with Crippen molar-refractivity contribution in [2.75, 3.05) is 13.2 Å². The third-order valence-electron chi connectivity index (χ3n) is 13.1. The van der Waals surface area contributed by atoms with Gasteiger partial charge in [0.1, 0.15) is 13.2 Å². The zero-order valence-corrected chi connectivity index (χ0v) is 47.4. The van der Waals surface area contributed by atoms with E-state index in [-0.39, 0.29) is 37.5 Å². The van der Waals surface area contributed by atoms with Crippen LogP contribution in [0.3, 0.4) is 0 Å². The molecule has 1 unspecified atom stereocenters. The molecule has 0 aromatic heterocycles. The Labute approximate surface area is 445 Å². The zero-order chi connectivity index (χ0) is 52.2. The molecule has 72 heavy (non-hydrogen) atoms. The number of carbonyl (C=O) groups is 3. The highest BCUT2D eigenvalue weighted by atomic mass is 16.6. The summed E-state index contributed by atoms with van der Waals surface area (Å²) < 4.78 is 16.8. The van der Waals surface area contributed by atoms with Crippen molar-refractivity contribution in [3.8, 4) is 0 Å². The number of ether oxygens (including phenoxy) is 3. The minimum Gasteiger partial charge on any atom is -0.462 e. The van der Waals surface area contributed by atoms with Gasteiger partial charge in [-0.25, -0.2) is 0 Å². The van der Waals surface area contributed by atoms with E-state index in [4.69, 9.17) is 14.2 Å². The number of rotatable bonds is 55. The molecule has 0 aliphatic rings. The third kappa shape index (κ3) is 57.5. The lowest BCUT2D eigenvalue weighted by molar-refractivity contribution is -0.167. The maximum Gasteiger partial charge on any atom is 0.306 e. The van der Waals surface area contributed by atoms with Crippen molar-refractivity contribution in [3.63, 3.8) is 0 Å². The molecule has 0 aliphatic heterocycles. The summed E-state index contributed by atoms with van der Waals surface area (Å²) in [5.74, 6) is -0.964. The van der Waals surface area contributed by atoms with Crippen LogP contribution >= 0.6 is 0 Å². The van der Waals surface area contributed by atoms with Gasteiger partial charge in [-0.15, -0.1) is 0 Å². The number of hydrogen-bond acceptors (Lipinski definition) is 6. The summed E-state index contributed by atoms with van der Waals surface area (Å²) in [7, 11) is 0. The van der Waals surface area contributed by atoms with Crippen molar-refractivity contribution in [2.45, 2.75) is 303 Å². The van der Waals surface area contributed by atoms with Gasteiger partial charge in [-0.1, -0.05) is 260 Å². The molecule has 0 radical (unpaired) electrons. The molecular weight excluding hydrogens is 889 g/mol. The second-order valence-electron chi connectivity index (χ2n) is 20.3. The Bertz CT molecular complexity index is 1380. The van der Waals surface area contributed by atoms with Crippen LogP contribution in [0.5, 0.6) is 0 Å². The van der Waals surface area contributed by atoms with Gasteiger partial charge in [0, 0.05) is 19.3 Å². The molecule has 6 nitrogen and oxygen atoms in total. The SMILES string of the molecule is CCCCC/C=C\C=C/CCCCCCCCCCCCC(=O)OCC(COC(=O)CCC/C=C\C/C=C\C/C=C\CCCCCCCC)OC(=O)CCCCCCC/C=C\C=C/CCCCCCCCC. The fourth-order valence-electron chi connectivity index (χ4n) is 8.50. The first-order valence-corrected chi connectivity index (χ1v) is 30.6. The van der Waals surface area contributed by atoms with Gasteiger partial charge in [0.15, 0.2) is 6.10 Å².